The van der Waals surface area contributed by atoms with Crippen LogP contribution in [-0.4, -0.2) is 45.2 Å². The molecule has 2 aromatic carbocycles. The van der Waals surface area contributed by atoms with Gasteiger partial charge < -0.3 is 5.32 Å². The summed E-state index contributed by atoms with van der Waals surface area (Å²) >= 11 is 0. The summed E-state index contributed by atoms with van der Waals surface area (Å²) < 4.78 is 1.11. The van der Waals surface area contributed by atoms with Crippen LogP contribution in [0.4, 0.5) is 0 Å². The fourth-order valence-electron chi connectivity index (χ4n) is 4.08. The van der Waals surface area contributed by atoms with Crippen LogP contribution in [0.1, 0.15) is 35.2 Å². The molecule has 0 spiro atoms. The maximum atomic E-state index is 12.6. The van der Waals surface area contributed by atoms with E-state index in [0.29, 0.717) is 23.7 Å². The second-order valence-corrected chi connectivity index (χ2v) is 8.05. The number of hydrogen-bond acceptors (Lipinski definition) is 4. The Labute approximate surface area is 179 Å². The van der Waals surface area contributed by atoms with Crippen molar-refractivity contribution in [3.05, 3.63) is 86.7 Å². The summed E-state index contributed by atoms with van der Waals surface area (Å²) in [5, 5.41) is 5.45. The first-order valence-corrected chi connectivity index (χ1v) is 10.6. The minimum Gasteiger partial charge on any atom is -0.352 e. The molecule has 2 heterocycles. The Balaban J connectivity index is 1.33. The molecule has 1 aliphatic heterocycles. The SMILES string of the molecule is O=C(NCC1CCCCN(Cc2ccccc2)C1)c1ccc(-n2[nH]c(=O)[nH]c2=O)cc1. The molecule has 3 N–H and O–H groups in total. The van der Waals surface area contributed by atoms with Crippen LogP contribution in [0.15, 0.2) is 64.2 Å². The van der Waals surface area contributed by atoms with Crippen molar-refractivity contribution >= 4 is 5.91 Å². The van der Waals surface area contributed by atoms with Gasteiger partial charge in [0.25, 0.3) is 5.91 Å². The molecule has 162 valence electrons. The molecular formula is C23H27N5O3. The van der Waals surface area contributed by atoms with Crippen molar-refractivity contribution in [3.8, 4) is 5.69 Å². The smallest absolute Gasteiger partial charge is 0.349 e. The van der Waals surface area contributed by atoms with Crippen molar-refractivity contribution in [2.24, 2.45) is 5.92 Å². The highest BCUT2D eigenvalue weighted by Gasteiger charge is 2.19. The van der Waals surface area contributed by atoms with Crippen LogP contribution in [0.5, 0.6) is 0 Å². The van der Waals surface area contributed by atoms with Gasteiger partial charge in [0.1, 0.15) is 0 Å². The molecule has 31 heavy (non-hydrogen) atoms. The van der Waals surface area contributed by atoms with E-state index in [1.165, 1.54) is 18.4 Å². The summed E-state index contributed by atoms with van der Waals surface area (Å²) in [6.07, 6.45) is 3.46. The highest BCUT2D eigenvalue weighted by atomic mass is 16.2. The number of carbonyl (C=O) groups excluding carboxylic acids is 1. The standard InChI is InChI=1S/C23H27N5O3/c29-21(19-9-11-20(12-10-19)28-23(31)25-22(30)26-28)24-14-18-8-4-5-13-27(16-18)15-17-6-2-1-3-7-17/h1-3,6-7,9-12,18H,4-5,8,13-16H2,(H,24,29)(H2,25,26,30,31). The number of nitrogens with one attached hydrogen (secondary N) is 3. The Bertz CT molecular complexity index is 1110. The summed E-state index contributed by atoms with van der Waals surface area (Å²) in [6.45, 7) is 3.63. The van der Waals surface area contributed by atoms with Crippen LogP contribution in [0.25, 0.3) is 5.69 Å². The Morgan fingerprint density at radius 1 is 1.03 bits per heavy atom. The monoisotopic (exact) mass is 421 g/mol. The minimum atomic E-state index is -0.573. The fraction of sp³-hybridized carbons (Fsp3) is 0.348. The molecule has 1 atom stereocenters. The molecule has 1 aliphatic rings. The summed E-state index contributed by atoms with van der Waals surface area (Å²) in [7, 11) is 0. The third-order valence-corrected chi connectivity index (χ3v) is 5.68. The zero-order chi connectivity index (χ0) is 21.6. The number of H-pyrrole nitrogens is 2. The molecular weight excluding hydrogens is 394 g/mol. The zero-order valence-electron chi connectivity index (χ0n) is 17.3. The van der Waals surface area contributed by atoms with Crippen molar-refractivity contribution in [1.29, 1.82) is 0 Å². The fourth-order valence-corrected chi connectivity index (χ4v) is 4.08. The summed E-state index contributed by atoms with van der Waals surface area (Å²) in [5.74, 6) is 0.276. The van der Waals surface area contributed by atoms with Crippen molar-refractivity contribution in [2.75, 3.05) is 19.6 Å². The largest absolute Gasteiger partial charge is 0.352 e. The second kappa shape index (κ2) is 9.61. The molecule has 1 unspecified atom stereocenters. The topological polar surface area (TPSA) is 103 Å². The van der Waals surface area contributed by atoms with Crippen molar-refractivity contribution in [3.63, 3.8) is 0 Å². The summed E-state index contributed by atoms with van der Waals surface area (Å²) in [6, 6.07) is 17.0. The highest BCUT2D eigenvalue weighted by Crippen LogP contribution is 2.18. The third kappa shape index (κ3) is 5.40. The van der Waals surface area contributed by atoms with Crippen LogP contribution < -0.4 is 16.7 Å². The predicted molar refractivity (Wildman–Crippen MR) is 118 cm³/mol. The molecule has 1 fully saturated rings. The zero-order valence-corrected chi connectivity index (χ0v) is 17.3. The van der Waals surface area contributed by atoms with Gasteiger partial charge in [0.15, 0.2) is 0 Å². The van der Waals surface area contributed by atoms with Crippen LogP contribution in [-0.2, 0) is 6.54 Å². The van der Waals surface area contributed by atoms with Crippen LogP contribution in [0.2, 0.25) is 0 Å². The minimum absolute atomic E-state index is 0.139. The molecule has 8 heteroatoms. The first-order valence-electron chi connectivity index (χ1n) is 10.6. The molecule has 0 saturated carbocycles. The van der Waals surface area contributed by atoms with E-state index in [1.807, 2.05) is 6.07 Å². The quantitative estimate of drug-likeness (QED) is 0.565. The first kappa shape index (κ1) is 20.9. The Kier molecular flexibility index (Phi) is 6.47. The maximum Gasteiger partial charge on any atom is 0.349 e. The van der Waals surface area contributed by atoms with Crippen molar-refractivity contribution in [2.45, 2.75) is 25.8 Å². The first-order chi connectivity index (χ1) is 15.1. The molecule has 0 radical (unpaired) electrons. The van der Waals surface area contributed by atoms with Gasteiger partial charge >= 0.3 is 11.4 Å². The average Bonchev–Trinajstić information content (AvgIpc) is 2.97. The lowest BCUT2D eigenvalue weighted by atomic mass is 10.0. The number of benzene rings is 2. The van der Waals surface area contributed by atoms with Crippen molar-refractivity contribution in [1.82, 2.24) is 25.0 Å². The lowest BCUT2D eigenvalue weighted by molar-refractivity contribution is 0.0942. The number of carbonyl (C=O) groups is 1. The van der Waals surface area contributed by atoms with E-state index >= 15 is 0 Å². The molecule has 8 nitrogen and oxygen atoms in total. The van der Waals surface area contributed by atoms with E-state index in [9.17, 15) is 14.4 Å². The number of hydrogen-bond donors (Lipinski definition) is 3. The Hall–Kier alpha value is -3.39. The maximum absolute atomic E-state index is 12.6. The van der Waals surface area contributed by atoms with Crippen molar-refractivity contribution < 1.29 is 4.79 Å². The normalized spacial score (nSPS) is 17.2. The average molecular weight is 422 g/mol. The lowest BCUT2D eigenvalue weighted by Crippen LogP contribution is -2.35. The van der Waals surface area contributed by atoms with Gasteiger partial charge in [-0.05, 0) is 55.1 Å². The Morgan fingerprint density at radius 3 is 2.52 bits per heavy atom. The molecule has 1 aromatic heterocycles. The van der Waals surface area contributed by atoms with E-state index in [-0.39, 0.29) is 5.91 Å². The summed E-state index contributed by atoms with van der Waals surface area (Å²) in [5.41, 5.74) is 1.20. The Morgan fingerprint density at radius 2 is 1.81 bits per heavy atom. The third-order valence-electron chi connectivity index (χ3n) is 5.68. The number of aromatic nitrogens is 3. The summed E-state index contributed by atoms with van der Waals surface area (Å²) in [4.78, 5) is 40.2. The second-order valence-electron chi connectivity index (χ2n) is 8.05. The van der Waals surface area contributed by atoms with Gasteiger partial charge in [0.2, 0.25) is 0 Å². The van der Waals surface area contributed by atoms with Crippen LogP contribution >= 0.6 is 0 Å². The van der Waals surface area contributed by atoms with Gasteiger partial charge in [-0.25, -0.2) is 19.4 Å². The van der Waals surface area contributed by atoms with Gasteiger partial charge in [0, 0.05) is 25.2 Å². The number of nitrogens with zero attached hydrogens (tertiary/aromatic N) is 2. The van der Waals surface area contributed by atoms with Gasteiger partial charge in [-0.15, -0.1) is 0 Å². The van der Waals surface area contributed by atoms with Gasteiger partial charge in [-0.1, -0.05) is 36.8 Å². The number of amides is 1. The molecule has 3 aromatic rings. The molecule has 4 rings (SSSR count). The van der Waals surface area contributed by atoms with Gasteiger partial charge in [0.05, 0.1) is 5.69 Å². The predicted octanol–water partition coefficient (Wildman–Crippen LogP) is 1.89. The molecule has 1 saturated heterocycles. The van der Waals surface area contributed by atoms with Gasteiger partial charge in [-0.2, -0.15) is 0 Å². The number of aromatic amines is 2. The van der Waals surface area contributed by atoms with Crippen LogP contribution in [0.3, 0.4) is 0 Å². The molecule has 0 aliphatic carbocycles. The number of rotatable bonds is 6. The van der Waals surface area contributed by atoms with Crippen LogP contribution in [0, 0.1) is 5.92 Å². The molecule has 1 amide bonds. The number of likely N-dealkylation sites (tertiary alicyclic amines) is 1. The highest BCUT2D eigenvalue weighted by molar-refractivity contribution is 5.94. The van der Waals surface area contributed by atoms with E-state index in [4.69, 9.17) is 0 Å². The molecule has 0 bridgehead atoms. The van der Waals surface area contributed by atoms with E-state index in [1.54, 1.807) is 24.3 Å². The van der Waals surface area contributed by atoms with E-state index in [0.717, 1.165) is 30.7 Å². The van der Waals surface area contributed by atoms with E-state index < -0.39 is 11.4 Å². The van der Waals surface area contributed by atoms with E-state index in [2.05, 4.69) is 44.6 Å². The lowest BCUT2D eigenvalue weighted by Gasteiger charge is -2.24. The van der Waals surface area contributed by atoms with Gasteiger partial charge in [-0.3, -0.25) is 14.7 Å².